The largest absolute Gasteiger partial charge is 0.481 e. The number of aryl methyl sites for hydroxylation is 2. The lowest BCUT2D eigenvalue weighted by atomic mass is 10.1. The first-order valence-corrected chi connectivity index (χ1v) is 7.97. The highest BCUT2D eigenvalue weighted by molar-refractivity contribution is 7.12. The average Bonchev–Trinajstić information content (AvgIpc) is 3.02. The van der Waals surface area contributed by atoms with Crippen LogP contribution in [-0.2, 0) is 4.79 Å². The van der Waals surface area contributed by atoms with E-state index < -0.39 is 6.10 Å². The molecule has 1 aromatic heterocycles. The molecule has 0 aliphatic heterocycles. The Morgan fingerprint density at radius 1 is 1.27 bits per heavy atom. The number of rotatable bonds is 5. The van der Waals surface area contributed by atoms with Crippen molar-refractivity contribution in [3.05, 3.63) is 51.7 Å². The summed E-state index contributed by atoms with van der Waals surface area (Å²) in [5.74, 6) is 0.416. The van der Waals surface area contributed by atoms with Crippen LogP contribution in [0.5, 0.6) is 5.75 Å². The topological polar surface area (TPSA) is 50.7 Å². The van der Waals surface area contributed by atoms with Gasteiger partial charge in [-0.1, -0.05) is 12.1 Å². The van der Waals surface area contributed by atoms with Gasteiger partial charge in [0.1, 0.15) is 5.75 Å². The van der Waals surface area contributed by atoms with E-state index in [2.05, 4.69) is 10.5 Å². The van der Waals surface area contributed by atoms with Gasteiger partial charge >= 0.3 is 0 Å². The minimum absolute atomic E-state index is 0.269. The van der Waals surface area contributed by atoms with Gasteiger partial charge in [-0.15, -0.1) is 11.3 Å². The van der Waals surface area contributed by atoms with Gasteiger partial charge in [-0.3, -0.25) is 4.79 Å². The van der Waals surface area contributed by atoms with E-state index in [4.69, 9.17) is 4.74 Å². The molecule has 1 atom stereocenters. The van der Waals surface area contributed by atoms with E-state index in [-0.39, 0.29) is 5.91 Å². The van der Waals surface area contributed by atoms with Crippen LogP contribution in [0.2, 0.25) is 0 Å². The third kappa shape index (κ3) is 4.18. The molecule has 0 bridgehead atoms. The molecule has 0 spiro atoms. The maximum absolute atomic E-state index is 12.0. The minimum atomic E-state index is -0.609. The fraction of sp³-hybridized carbons (Fsp3) is 0.294. The number of benzene rings is 1. The number of nitrogens with zero attached hydrogens (tertiary/aromatic N) is 1. The first-order valence-electron chi connectivity index (χ1n) is 7.09. The van der Waals surface area contributed by atoms with E-state index in [9.17, 15) is 4.79 Å². The van der Waals surface area contributed by atoms with Crippen LogP contribution in [0.15, 0.2) is 40.8 Å². The lowest BCUT2D eigenvalue weighted by Gasteiger charge is -2.14. The Morgan fingerprint density at radius 3 is 2.68 bits per heavy atom. The molecule has 0 saturated heterocycles. The van der Waals surface area contributed by atoms with Crippen molar-refractivity contribution in [2.75, 3.05) is 0 Å². The summed E-state index contributed by atoms with van der Waals surface area (Å²) in [7, 11) is 0. The third-order valence-electron chi connectivity index (χ3n) is 3.37. The van der Waals surface area contributed by atoms with Gasteiger partial charge in [0, 0.05) is 4.88 Å². The Morgan fingerprint density at radius 2 is 2.05 bits per heavy atom. The van der Waals surface area contributed by atoms with Gasteiger partial charge in [0.15, 0.2) is 6.10 Å². The van der Waals surface area contributed by atoms with Crippen LogP contribution in [0, 0.1) is 13.8 Å². The van der Waals surface area contributed by atoms with Crippen molar-refractivity contribution in [2.24, 2.45) is 5.10 Å². The number of carbonyl (C=O) groups excluding carboxylic acids is 1. The number of ether oxygens (including phenoxy) is 1. The monoisotopic (exact) mass is 316 g/mol. The first kappa shape index (κ1) is 16.2. The Hall–Kier alpha value is -2.14. The summed E-state index contributed by atoms with van der Waals surface area (Å²) < 4.78 is 5.66. The van der Waals surface area contributed by atoms with Crippen molar-refractivity contribution >= 4 is 23.0 Å². The van der Waals surface area contributed by atoms with E-state index in [1.807, 2.05) is 56.5 Å². The summed E-state index contributed by atoms with van der Waals surface area (Å²) in [6.45, 7) is 7.63. The highest BCUT2D eigenvalue weighted by atomic mass is 32.1. The molecule has 0 aliphatic rings. The zero-order valence-electron chi connectivity index (χ0n) is 13.2. The molecule has 0 fully saturated rings. The molecule has 1 amide bonds. The highest BCUT2D eigenvalue weighted by Gasteiger charge is 2.14. The second kappa shape index (κ2) is 7.22. The molecule has 1 N–H and O–H groups in total. The summed E-state index contributed by atoms with van der Waals surface area (Å²) >= 11 is 1.58. The van der Waals surface area contributed by atoms with Gasteiger partial charge in [-0.25, -0.2) is 5.43 Å². The van der Waals surface area contributed by atoms with Crippen LogP contribution in [-0.4, -0.2) is 17.7 Å². The second-order valence-electron chi connectivity index (χ2n) is 5.16. The number of hydrogen-bond acceptors (Lipinski definition) is 4. The summed E-state index contributed by atoms with van der Waals surface area (Å²) in [5, 5.41) is 6.08. The second-order valence-corrected chi connectivity index (χ2v) is 6.10. The number of nitrogens with one attached hydrogen (secondary N) is 1. The molecule has 0 aliphatic carbocycles. The first-order chi connectivity index (χ1) is 10.5. The van der Waals surface area contributed by atoms with Gasteiger partial charge in [-0.2, -0.15) is 5.10 Å². The maximum atomic E-state index is 12.0. The van der Waals surface area contributed by atoms with Crippen molar-refractivity contribution in [3.8, 4) is 5.75 Å². The van der Waals surface area contributed by atoms with Crippen LogP contribution in [0.3, 0.4) is 0 Å². The molecule has 2 rings (SSSR count). The quantitative estimate of drug-likeness (QED) is 0.676. The van der Waals surface area contributed by atoms with Crippen molar-refractivity contribution in [2.45, 2.75) is 33.8 Å². The van der Waals surface area contributed by atoms with E-state index in [0.29, 0.717) is 5.75 Å². The number of hydrogen-bond donors (Lipinski definition) is 1. The predicted octanol–water partition coefficient (Wildman–Crippen LogP) is 3.67. The summed E-state index contributed by atoms with van der Waals surface area (Å²) in [4.78, 5) is 13.1. The molecule has 0 radical (unpaired) electrons. The fourth-order valence-electron chi connectivity index (χ4n) is 1.81. The van der Waals surface area contributed by atoms with Crippen LogP contribution in [0.25, 0.3) is 0 Å². The summed E-state index contributed by atoms with van der Waals surface area (Å²) in [5.41, 5.74) is 5.66. The lowest BCUT2D eigenvalue weighted by molar-refractivity contribution is -0.127. The van der Waals surface area contributed by atoms with Gasteiger partial charge in [0.05, 0.1) is 5.71 Å². The van der Waals surface area contributed by atoms with Crippen LogP contribution >= 0.6 is 11.3 Å². The van der Waals surface area contributed by atoms with E-state index in [0.717, 1.165) is 16.2 Å². The Kier molecular flexibility index (Phi) is 5.33. The number of hydrazone groups is 1. The van der Waals surface area contributed by atoms with Gasteiger partial charge in [-0.05, 0) is 62.4 Å². The molecule has 1 aromatic carbocycles. The molecule has 1 heterocycles. The highest BCUT2D eigenvalue weighted by Crippen LogP contribution is 2.17. The van der Waals surface area contributed by atoms with Crippen molar-refractivity contribution in [1.82, 2.24) is 5.43 Å². The van der Waals surface area contributed by atoms with E-state index in [1.54, 1.807) is 18.3 Å². The molecule has 2 aromatic rings. The van der Waals surface area contributed by atoms with Crippen LogP contribution in [0.1, 0.15) is 29.9 Å². The number of thiophene rings is 1. The van der Waals surface area contributed by atoms with Gasteiger partial charge in [0.25, 0.3) is 5.91 Å². The van der Waals surface area contributed by atoms with E-state index >= 15 is 0 Å². The molecule has 1 unspecified atom stereocenters. The third-order valence-corrected chi connectivity index (χ3v) is 4.35. The molecule has 4 nitrogen and oxygen atoms in total. The average molecular weight is 316 g/mol. The molecular formula is C17H20N2O2S. The Balaban J connectivity index is 1.94. The molecule has 116 valence electrons. The summed E-state index contributed by atoms with van der Waals surface area (Å²) in [6.07, 6.45) is -0.609. The fourth-order valence-corrected chi connectivity index (χ4v) is 2.49. The minimum Gasteiger partial charge on any atom is -0.481 e. The molecule has 22 heavy (non-hydrogen) atoms. The SMILES string of the molecule is C/C(=N\NC(=O)C(C)Oc1ccc(C)c(C)c1)c1cccs1. The molecule has 5 heteroatoms. The van der Waals surface area contributed by atoms with Crippen LogP contribution < -0.4 is 10.2 Å². The maximum Gasteiger partial charge on any atom is 0.280 e. The Labute approximate surface area is 134 Å². The van der Waals surface area contributed by atoms with Gasteiger partial charge in [0.2, 0.25) is 0 Å². The van der Waals surface area contributed by atoms with Crippen molar-refractivity contribution < 1.29 is 9.53 Å². The zero-order chi connectivity index (χ0) is 16.1. The summed E-state index contributed by atoms with van der Waals surface area (Å²) in [6, 6.07) is 9.69. The molecule has 0 saturated carbocycles. The van der Waals surface area contributed by atoms with Crippen molar-refractivity contribution in [1.29, 1.82) is 0 Å². The smallest absolute Gasteiger partial charge is 0.280 e. The van der Waals surface area contributed by atoms with Crippen LogP contribution in [0.4, 0.5) is 0 Å². The van der Waals surface area contributed by atoms with E-state index in [1.165, 1.54) is 5.56 Å². The van der Waals surface area contributed by atoms with Gasteiger partial charge < -0.3 is 4.74 Å². The predicted molar refractivity (Wildman–Crippen MR) is 90.7 cm³/mol. The molecular weight excluding hydrogens is 296 g/mol. The number of carbonyl (C=O) groups is 1. The lowest BCUT2D eigenvalue weighted by Crippen LogP contribution is -2.33. The number of amides is 1. The zero-order valence-corrected chi connectivity index (χ0v) is 14.0. The Bertz CT molecular complexity index is 678. The normalized spacial score (nSPS) is 12.8. The van der Waals surface area contributed by atoms with Crippen molar-refractivity contribution in [3.63, 3.8) is 0 Å². The standard InChI is InChI=1S/C17H20N2O2S/c1-11-7-8-15(10-12(11)2)21-14(4)17(20)19-18-13(3)16-6-5-9-22-16/h5-10,14H,1-4H3,(H,19,20)/b18-13+.